The van der Waals surface area contributed by atoms with Crippen molar-refractivity contribution < 1.29 is 27.5 Å². The average Bonchev–Trinajstić information content (AvgIpc) is 3.72. The van der Waals surface area contributed by atoms with Crippen LogP contribution in [0.25, 0.3) is 0 Å². The van der Waals surface area contributed by atoms with E-state index in [0.717, 1.165) is 63.7 Å². The number of fused-ring (bicyclic) bond motifs is 1. The van der Waals surface area contributed by atoms with Crippen LogP contribution >= 0.6 is 11.6 Å². The highest BCUT2D eigenvalue weighted by molar-refractivity contribution is 7.89. The summed E-state index contributed by atoms with van der Waals surface area (Å²) in [5, 5.41) is 8.16. The quantitative estimate of drug-likeness (QED) is 0.313. The van der Waals surface area contributed by atoms with Crippen LogP contribution in [0, 0.1) is 5.92 Å². The maximum absolute atomic E-state index is 13.0. The SMILES string of the molecule is C/C(=C1\Oc2cccc(OCCCCN3CCC(NC(=O)c4ccc(Cl)c(S(N)(=O)=O)c4)CC3)c2C1=O)C1CC1. The number of rotatable bonds is 10. The first-order valence-corrected chi connectivity index (χ1v) is 15.6. The molecule has 0 unspecified atom stereocenters. The highest BCUT2D eigenvalue weighted by atomic mass is 35.5. The maximum atomic E-state index is 13.0. The van der Waals surface area contributed by atoms with Gasteiger partial charge in [0.25, 0.3) is 5.91 Å². The van der Waals surface area contributed by atoms with Crippen LogP contribution in [0.1, 0.15) is 66.2 Å². The van der Waals surface area contributed by atoms with Crippen LogP contribution in [0.15, 0.2) is 52.6 Å². The molecule has 214 valence electrons. The van der Waals surface area contributed by atoms with E-state index in [4.69, 9.17) is 26.2 Å². The number of nitrogens with zero attached hydrogens (tertiary/aromatic N) is 1. The molecular formula is C29H34ClN3O6S. The minimum absolute atomic E-state index is 0.00289. The zero-order valence-corrected chi connectivity index (χ0v) is 24.0. The molecular weight excluding hydrogens is 554 g/mol. The number of carbonyl (C=O) groups is 2. The molecule has 5 rings (SSSR count). The summed E-state index contributed by atoms with van der Waals surface area (Å²) >= 11 is 5.92. The third-order valence-corrected chi connectivity index (χ3v) is 9.12. The van der Waals surface area contributed by atoms with Gasteiger partial charge in [-0.15, -0.1) is 0 Å². The van der Waals surface area contributed by atoms with E-state index in [-0.39, 0.29) is 33.2 Å². The number of Topliss-reactive ketones (excluding diaryl/α,β-unsaturated/α-hetero) is 1. The molecule has 0 aromatic heterocycles. The number of benzene rings is 2. The van der Waals surface area contributed by atoms with Gasteiger partial charge >= 0.3 is 0 Å². The fourth-order valence-electron chi connectivity index (χ4n) is 5.22. The van der Waals surface area contributed by atoms with E-state index in [1.807, 2.05) is 25.1 Å². The number of primary sulfonamides is 1. The highest BCUT2D eigenvalue weighted by Gasteiger charge is 2.36. The molecule has 1 aliphatic carbocycles. The van der Waals surface area contributed by atoms with Crippen LogP contribution in [0.5, 0.6) is 11.5 Å². The van der Waals surface area contributed by atoms with Crippen molar-refractivity contribution in [2.45, 2.75) is 56.4 Å². The first kappa shape index (κ1) is 28.6. The van der Waals surface area contributed by atoms with Crippen LogP contribution in [0.2, 0.25) is 5.02 Å². The van der Waals surface area contributed by atoms with Crippen molar-refractivity contribution in [1.29, 1.82) is 0 Å². The van der Waals surface area contributed by atoms with E-state index in [1.54, 1.807) is 0 Å². The molecule has 0 spiro atoms. The largest absolute Gasteiger partial charge is 0.493 e. The zero-order chi connectivity index (χ0) is 28.4. The van der Waals surface area contributed by atoms with Crippen LogP contribution in [-0.2, 0) is 10.0 Å². The van der Waals surface area contributed by atoms with Gasteiger partial charge in [0.1, 0.15) is 22.0 Å². The standard InChI is InChI=1S/C29H34ClN3O6S/c1-18(19-7-8-19)28-27(34)26-23(5-4-6-24(26)39-28)38-16-3-2-13-33-14-11-21(12-15-33)32-29(35)20-9-10-22(30)25(17-20)40(31,36)37/h4-6,9-10,17,19,21H,2-3,7-8,11-16H2,1H3,(H,32,35)(H2,31,36,37)/b28-18+. The summed E-state index contributed by atoms with van der Waals surface area (Å²) in [7, 11) is -4.02. The number of piperidine rings is 1. The molecule has 1 amide bonds. The molecule has 2 aromatic carbocycles. The normalized spacial score (nSPS) is 19.2. The monoisotopic (exact) mass is 587 g/mol. The number of unbranched alkanes of at least 4 members (excludes halogenated alkanes) is 1. The summed E-state index contributed by atoms with van der Waals surface area (Å²) in [6.45, 7) is 5.12. The van der Waals surface area contributed by atoms with Gasteiger partial charge in [-0.1, -0.05) is 17.7 Å². The number of hydrogen-bond acceptors (Lipinski definition) is 7. The fourth-order valence-corrected chi connectivity index (χ4v) is 6.29. The van der Waals surface area contributed by atoms with E-state index in [9.17, 15) is 18.0 Å². The predicted molar refractivity (Wildman–Crippen MR) is 151 cm³/mol. The number of carbonyl (C=O) groups excluding carboxylic acids is 2. The lowest BCUT2D eigenvalue weighted by Crippen LogP contribution is -2.44. The predicted octanol–water partition coefficient (Wildman–Crippen LogP) is 4.30. The molecule has 40 heavy (non-hydrogen) atoms. The lowest BCUT2D eigenvalue weighted by atomic mass is 10.0. The Labute approximate surface area is 239 Å². The smallest absolute Gasteiger partial charge is 0.251 e. The van der Waals surface area contributed by atoms with Crippen LogP contribution in [0.3, 0.4) is 0 Å². The number of hydrogen-bond donors (Lipinski definition) is 2. The average molecular weight is 588 g/mol. The number of ether oxygens (including phenoxy) is 2. The topological polar surface area (TPSA) is 128 Å². The summed E-state index contributed by atoms with van der Waals surface area (Å²) in [6.07, 6.45) is 5.63. The first-order chi connectivity index (χ1) is 19.1. The summed E-state index contributed by atoms with van der Waals surface area (Å²) in [4.78, 5) is 27.8. The molecule has 0 bridgehead atoms. The Morgan fingerprint density at radius 2 is 1.90 bits per heavy atom. The van der Waals surface area contributed by atoms with Gasteiger partial charge in [0.05, 0.1) is 11.6 Å². The Morgan fingerprint density at radius 1 is 1.15 bits per heavy atom. The van der Waals surface area contributed by atoms with Gasteiger partial charge < -0.3 is 19.7 Å². The van der Waals surface area contributed by atoms with E-state index < -0.39 is 10.0 Å². The van der Waals surface area contributed by atoms with Crippen LogP contribution in [-0.4, -0.2) is 57.3 Å². The molecule has 1 saturated heterocycles. The van der Waals surface area contributed by atoms with Crippen LogP contribution in [0.4, 0.5) is 0 Å². The number of nitrogens with two attached hydrogens (primary N) is 1. The molecule has 9 nitrogen and oxygen atoms in total. The van der Waals surface area contributed by atoms with Gasteiger partial charge in [0.2, 0.25) is 15.8 Å². The molecule has 2 aliphatic heterocycles. The van der Waals surface area contributed by atoms with E-state index in [2.05, 4.69) is 10.2 Å². The second kappa shape index (κ2) is 11.9. The molecule has 2 fully saturated rings. The Hall–Kier alpha value is -2.92. The van der Waals surface area contributed by atoms with E-state index in [0.29, 0.717) is 35.3 Å². The Morgan fingerprint density at radius 3 is 2.60 bits per heavy atom. The molecule has 2 aromatic rings. The van der Waals surface area contributed by atoms with Gasteiger partial charge in [0.15, 0.2) is 5.76 Å². The van der Waals surface area contributed by atoms with Crippen molar-refractivity contribution in [2.24, 2.45) is 11.1 Å². The second-order valence-corrected chi connectivity index (χ2v) is 12.6. The van der Waals surface area contributed by atoms with Crippen molar-refractivity contribution in [3.05, 3.63) is 63.9 Å². The number of nitrogens with one attached hydrogen (secondary N) is 1. The minimum Gasteiger partial charge on any atom is -0.493 e. The Balaban J connectivity index is 1.03. The van der Waals surface area contributed by atoms with Gasteiger partial charge in [-0.05, 0) is 93.8 Å². The molecule has 3 aliphatic rings. The number of halogens is 1. The zero-order valence-electron chi connectivity index (χ0n) is 22.5. The molecule has 0 radical (unpaired) electrons. The first-order valence-electron chi connectivity index (χ1n) is 13.7. The highest BCUT2D eigenvalue weighted by Crippen LogP contribution is 2.43. The number of allylic oxidation sites excluding steroid dienone is 2. The summed E-state index contributed by atoms with van der Waals surface area (Å²) in [6, 6.07) is 9.56. The summed E-state index contributed by atoms with van der Waals surface area (Å²) < 4.78 is 35.3. The van der Waals surface area contributed by atoms with Crippen molar-refractivity contribution in [2.75, 3.05) is 26.2 Å². The summed E-state index contributed by atoms with van der Waals surface area (Å²) in [5.41, 5.74) is 1.77. The van der Waals surface area contributed by atoms with Gasteiger partial charge in [-0.3, -0.25) is 9.59 Å². The fraction of sp³-hybridized carbons (Fsp3) is 0.448. The minimum atomic E-state index is -4.02. The van der Waals surface area contributed by atoms with Crippen molar-refractivity contribution in [1.82, 2.24) is 10.2 Å². The van der Waals surface area contributed by atoms with Crippen molar-refractivity contribution in [3.8, 4) is 11.5 Å². The van der Waals surface area contributed by atoms with Gasteiger partial charge in [-0.2, -0.15) is 0 Å². The van der Waals surface area contributed by atoms with Crippen molar-refractivity contribution >= 4 is 33.3 Å². The number of amides is 1. The molecule has 11 heteroatoms. The van der Waals surface area contributed by atoms with Gasteiger partial charge in [-0.25, -0.2) is 13.6 Å². The van der Waals surface area contributed by atoms with E-state index in [1.165, 1.54) is 18.2 Å². The third-order valence-electron chi connectivity index (χ3n) is 7.73. The molecule has 0 atom stereocenters. The van der Waals surface area contributed by atoms with Crippen molar-refractivity contribution in [3.63, 3.8) is 0 Å². The molecule has 2 heterocycles. The Kier molecular flexibility index (Phi) is 8.51. The van der Waals surface area contributed by atoms with E-state index >= 15 is 0 Å². The number of ketones is 1. The third kappa shape index (κ3) is 6.52. The van der Waals surface area contributed by atoms with Gasteiger partial charge in [0, 0.05) is 24.7 Å². The Bertz CT molecular complexity index is 1450. The number of likely N-dealkylation sites (tertiary alicyclic amines) is 1. The lowest BCUT2D eigenvalue weighted by molar-refractivity contribution is 0.0909. The van der Waals surface area contributed by atoms with Crippen LogP contribution < -0.4 is 19.9 Å². The lowest BCUT2D eigenvalue weighted by Gasteiger charge is -2.32. The molecule has 3 N–H and O–H groups in total. The maximum Gasteiger partial charge on any atom is 0.251 e. The second-order valence-electron chi connectivity index (χ2n) is 10.7. The molecule has 1 saturated carbocycles. The summed E-state index contributed by atoms with van der Waals surface area (Å²) in [5.74, 6) is 1.66. The number of sulfonamides is 1.